The van der Waals surface area contributed by atoms with Crippen LogP contribution in [0, 0.1) is 0 Å². The van der Waals surface area contributed by atoms with Crippen LogP contribution in [-0.4, -0.2) is 45.3 Å². The van der Waals surface area contributed by atoms with Gasteiger partial charge in [-0.05, 0) is 42.0 Å². The molecule has 0 radical (unpaired) electrons. The standard InChI is InChI=1S/C28H24O9/c1-32-19-7-5-14(9-18(19)29)17-12-25(30)36-20-8-6-16-27(31)24(37-28(16)26(17)20)11-15-10-22(34-3)23(35-4)13-21(15)33-2/h5-11,13,17,29H,12H2,1-4H3/b24-11-/t17-/m1/s1. The van der Waals surface area contributed by atoms with Crippen LogP contribution >= 0.6 is 0 Å². The number of aromatic hydroxyl groups is 1. The molecule has 3 aromatic rings. The molecule has 5 rings (SSSR count). The second kappa shape index (κ2) is 9.42. The number of phenols is 1. The number of fused-ring (bicyclic) bond motifs is 3. The molecule has 1 atom stereocenters. The third-order valence-electron chi connectivity index (χ3n) is 6.41. The molecule has 0 amide bonds. The van der Waals surface area contributed by atoms with Crippen molar-refractivity contribution in [1.82, 2.24) is 0 Å². The lowest BCUT2D eigenvalue weighted by atomic mass is 9.84. The fourth-order valence-electron chi connectivity index (χ4n) is 4.62. The number of allylic oxidation sites excluding steroid dienone is 1. The highest BCUT2D eigenvalue weighted by molar-refractivity contribution is 6.15. The summed E-state index contributed by atoms with van der Waals surface area (Å²) in [6.45, 7) is 0. The molecule has 0 spiro atoms. The lowest BCUT2D eigenvalue weighted by molar-refractivity contribution is -0.135. The van der Waals surface area contributed by atoms with Crippen LogP contribution in [0.5, 0.6) is 40.2 Å². The number of ketones is 1. The third kappa shape index (κ3) is 4.08. The van der Waals surface area contributed by atoms with Gasteiger partial charge in [0.25, 0.3) is 0 Å². The van der Waals surface area contributed by atoms with Gasteiger partial charge in [-0.1, -0.05) is 6.07 Å². The Morgan fingerprint density at radius 2 is 1.54 bits per heavy atom. The zero-order valence-corrected chi connectivity index (χ0v) is 20.6. The maximum Gasteiger partial charge on any atom is 0.312 e. The molecule has 9 heteroatoms. The van der Waals surface area contributed by atoms with Gasteiger partial charge in [-0.3, -0.25) is 9.59 Å². The first-order chi connectivity index (χ1) is 17.9. The summed E-state index contributed by atoms with van der Waals surface area (Å²) in [5, 5.41) is 10.3. The van der Waals surface area contributed by atoms with Crippen LogP contribution in [0.15, 0.2) is 48.2 Å². The van der Waals surface area contributed by atoms with Gasteiger partial charge in [0.2, 0.25) is 5.78 Å². The predicted molar refractivity (Wildman–Crippen MR) is 132 cm³/mol. The number of carbonyl (C=O) groups is 2. The van der Waals surface area contributed by atoms with Gasteiger partial charge in [-0.2, -0.15) is 0 Å². The monoisotopic (exact) mass is 504 g/mol. The molecule has 0 saturated carbocycles. The van der Waals surface area contributed by atoms with E-state index < -0.39 is 11.9 Å². The van der Waals surface area contributed by atoms with Crippen LogP contribution in [0.2, 0.25) is 0 Å². The summed E-state index contributed by atoms with van der Waals surface area (Å²) in [4.78, 5) is 25.8. The SMILES string of the molecule is COc1ccc([C@H]2CC(=O)Oc3ccc4c(c32)O/C(=C\c2cc(OC)c(OC)cc2OC)C4=O)cc1O. The maximum atomic E-state index is 13.4. The van der Waals surface area contributed by atoms with Crippen molar-refractivity contribution in [3.63, 3.8) is 0 Å². The molecular weight excluding hydrogens is 480 g/mol. The third-order valence-corrected chi connectivity index (χ3v) is 6.41. The average Bonchev–Trinajstić information content (AvgIpc) is 3.22. The molecule has 0 aromatic heterocycles. The minimum absolute atomic E-state index is 0.00925. The molecule has 190 valence electrons. The first-order valence-electron chi connectivity index (χ1n) is 11.4. The van der Waals surface area contributed by atoms with Crippen molar-refractivity contribution in [3.05, 3.63) is 70.5 Å². The lowest BCUT2D eigenvalue weighted by Gasteiger charge is -2.26. The van der Waals surface area contributed by atoms with E-state index in [1.807, 2.05) is 0 Å². The molecule has 0 aliphatic carbocycles. The zero-order chi connectivity index (χ0) is 26.3. The number of rotatable bonds is 6. The average molecular weight is 504 g/mol. The molecule has 0 unspecified atom stereocenters. The van der Waals surface area contributed by atoms with E-state index in [1.54, 1.807) is 42.5 Å². The quantitative estimate of drug-likeness (QED) is 0.295. The number of carbonyl (C=O) groups excluding carboxylic acids is 2. The van der Waals surface area contributed by atoms with E-state index in [-0.39, 0.29) is 23.7 Å². The Morgan fingerprint density at radius 1 is 0.838 bits per heavy atom. The Labute approximate surface area is 212 Å². The largest absolute Gasteiger partial charge is 0.504 e. The van der Waals surface area contributed by atoms with E-state index in [9.17, 15) is 14.7 Å². The van der Waals surface area contributed by atoms with Crippen LogP contribution in [0.3, 0.4) is 0 Å². The molecule has 0 bridgehead atoms. The van der Waals surface area contributed by atoms with Gasteiger partial charge in [-0.25, -0.2) is 0 Å². The molecular formula is C28H24O9. The summed E-state index contributed by atoms with van der Waals surface area (Å²) in [5.41, 5.74) is 2.09. The lowest BCUT2D eigenvalue weighted by Crippen LogP contribution is -2.21. The second-order valence-electron chi connectivity index (χ2n) is 8.41. The number of benzene rings is 3. The van der Waals surface area contributed by atoms with Crippen molar-refractivity contribution in [2.45, 2.75) is 12.3 Å². The topological polar surface area (TPSA) is 110 Å². The highest BCUT2D eigenvalue weighted by Gasteiger charge is 2.39. The van der Waals surface area contributed by atoms with Crippen molar-refractivity contribution in [3.8, 4) is 40.2 Å². The van der Waals surface area contributed by atoms with Crippen LogP contribution in [0.25, 0.3) is 6.08 Å². The van der Waals surface area contributed by atoms with E-state index in [1.165, 1.54) is 34.5 Å². The summed E-state index contributed by atoms with van der Waals surface area (Å²) in [5.74, 6) is 1.05. The van der Waals surface area contributed by atoms with E-state index in [0.717, 1.165) is 0 Å². The molecule has 37 heavy (non-hydrogen) atoms. The van der Waals surface area contributed by atoms with Gasteiger partial charge in [0.1, 0.15) is 17.2 Å². The van der Waals surface area contributed by atoms with Crippen molar-refractivity contribution in [1.29, 1.82) is 0 Å². The minimum atomic E-state index is -0.509. The van der Waals surface area contributed by atoms with E-state index >= 15 is 0 Å². The first-order valence-corrected chi connectivity index (χ1v) is 11.4. The number of esters is 1. The Bertz CT molecular complexity index is 1450. The normalized spacial score (nSPS) is 17.0. The number of Topliss-reactive ketones (excluding diaryl/α,β-unsaturated/α-hetero) is 1. The smallest absolute Gasteiger partial charge is 0.312 e. The number of ether oxygens (including phenoxy) is 6. The van der Waals surface area contributed by atoms with Gasteiger partial charge in [0.05, 0.1) is 40.4 Å². The summed E-state index contributed by atoms with van der Waals surface area (Å²) in [7, 11) is 5.99. The molecule has 1 N–H and O–H groups in total. The molecule has 2 heterocycles. The summed E-state index contributed by atoms with van der Waals surface area (Å²) in [6.07, 6.45) is 1.58. The fourth-order valence-corrected chi connectivity index (χ4v) is 4.62. The molecule has 0 saturated heterocycles. The highest BCUT2D eigenvalue weighted by Crippen LogP contribution is 2.50. The second-order valence-corrected chi connectivity index (χ2v) is 8.41. The zero-order valence-electron chi connectivity index (χ0n) is 20.6. The summed E-state index contributed by atoms with van der Waals surface area (Å²) >= 11 is 0. The number of hydrogen-bond donors (Lipinski definition) is 1. The van der Waals surface area contributed by atoms with Crippen LogP contribution in [0.1, 0.15) is 39.4 Å². The van der Waals surface area contributed by atoms with Crippen molar-refractivity contribution in [2.75, 3.05) is 28.4 Å². The summed E-state index contributed by atoms with van der Waals surface area (Å²) < 4.78 is 32.9. The van der Waals surface area contributed by atoms with Gasteiger partial charge in [0.15, 0.2) is 28.8 Å². The van der Waals surface area contributed by atoms with E-state index in [4.69, 9.17) is 28.4 Å². The number of methoxy groups -OCH3 is 4. The number of hydrogen-bond acceptors (Lipinski definition) is 9. The molecule has 9 nitrogen and oxygen atoms in total. The predicted octanol–water partition coefficient (Wildman–Crippen LogP) is 4.48. The Hall–Kier alpha value is -4.66. The van der Waals surface area contributed by atoms with Gasteiger partial charge in [0, 0.05) is 23.1 Å². The van der Waals surface area contributed by atoms with Crippen molar-refractivity contribution in [2.24, 2.45) is 0 Å². The minimum Gasteiger partial charge on any atom is -0.504 e. The summed E-state index contributed by atoms with van der Waals surface area (Å²) in [6, 6.07) is 11.4. The molecule has 3 aromatic carbocycles. The highest BCUT2D eigenvalue weighted by atomic mass is 16.5. The van der Waals surface area contributed by atoms with E-state index in [0.29, 0.717) is 56.8 Å². The molecule has 2 aliphatic rings. The Kier molecular flexibility index (Phi) is 6.12. The van der Waals surface area contributed by atoms with Gasteiger partial charge >= 0.3 is 5.97 Å². The van der Waals surface area contributed by atoms with Gasteiger partial charge in [-0.15, -0.1) is 0 Å². The first kappa shape index (κ1) is 24.1. The van der Waals surface area contributed by atoms with Crippen LogP contribution in [-0.2, 0) is 4.79 Å². The van der Waals surface area contributed by atoms with E-state index in [2.05, 4.69) is 0 Å². The van der Waals surface area contributed by atoms with Crippen molar-refractivity contribution >= 4 is 17.8 Å². The fraction of sp³-hybridized carbons (Fsp3) is 0.214. The van der Waals surface area contributed by atoms with Crippen LogP contribution < -0.4 is 28.4 Å². The number of phenolic OH excluding ortho intramolecular Hbond substituents is 1. The molecule has 2 aliphatic heterocycles. The van der Waals surface area contributed by atoms with Crippen molar-refractivity contribution < 1.29 is 43.1 Å². The molecule has 0 fully saturated rings. The van der Waals surface area contributed by atoms with Crippen LogP contribution in [0.4, 0.5) is 0 Å². The van der Waals surface area contributed by atoms with Gasteiger partial charge < -0.3 is 33.5 Å². The Balaban J connectivity index is 1.60. The maximum absolute atomic E-state index is 13.4. The Morgan fingerprint density at radius 3 is 2.22 bits per heavy atom.